The second kappa shape index (κ2) is 7.26. The molecule has 0 fully saturated rings. The molecule has 144 valence electrons. The van der Waals surface area contributed by atoms with Gasteiger partial charge in [0.15, 0.2) is 0 Å². The first kappa shape index (κ1) is 18.5. The molecule has 28 heavy (non-hydrogen) atoms. The van der Waals surface area contributed by atoms with E-state index in [4.69, 9.17) is 4.42 Å². The lowest BCUT2D eigenvalue weighted by Gasteiger charge is -2.19. The van der Waals surface area contributed by atoms with Gasteiger partial charge in [0.25, 0.3) is 5.91 Å². The summed E-state index contributed by atoms with van der Waals surface area (Å²) in [6, 6.07) is 15.8. The van der Waals surface area contributed by atoms with Gasteiger partial charge in [-0.2, -0.15) is 0 Å². The van der Waals surface area contributed by atoms with Crippen molar-refractivity contribution in [2.45, 2.75) is 24.8 Å². The van der Waals surface area contributed by atoms with Crippen LogP contribution in [0.3, 0.4) is 0 Å². The van der Waals surface area contributed by atoms with Gasteiger partial charge >= 0.3 is 0 Å². The minimum Gasteiger partial charge on any atom is -0.468 e. The van der Waals surface area contributed by atoms with Crippen molar-refractivity contribution in [3.63, 3.8) is 0 Å². The van der Waals surface area contributed by atoms with Crippen molar-refractivity contribution in [3.05, 3.63) is 83.3 Å². The molecule has 1 aliphatic rings. The Kier molecular flexibility index (Phi) is 4.78. The summed E-state index contributed by atoms with van der Waals surface area (Å²) in [7, 11) is -3.77. The molecule has 0 aliphatic carbocycles. The maximum atomic E-state index is 13.2. The monoisotopic (exact) mass is 396 g/mol. The molecule has 0 saturated heterocycles. The number of hydrogen-bond donors (Lipinski definition) is 1. The normalized spacial score (nSPS) is 13.5. The topological polar surface area (TPSA) is 79.6 Å². The molecule has 1 aliphatic heterocycles. The van der Waals surface area contributed by atoms with E-state index in [0.717, 1.165) is 23.2 Å². The minimum absolute atomic E-state index is 0.0476. The summed E-state index contributed by atoms with van der Waals surface area (Å²) >= 11 is 0. The maximum absolute atomic E-state index is 13.2. The predicted molar refractivity (Wildman–Crippen MR) is 106 cm³/mol. The molecule has 0 radical (unpaired) electrons. The SMILES string of the molecule is Cc1ccc(S(=O)(=O)NCc2ccco2)cc1C(=O)N1CCc2ccccc21. The molecule has 2 aromatic carbocycles. The third-order valence-electron chi connectivity index (χ3n) is 4.90. The summed E-state index contributed by atoms with van der Waals surface area (Å²) in [6.07, 6.45) is 2.28. The lowest BCUT2D eigenvalue weighted by atomic mass is 10.1. The zero-order valence-electron chi connectivity index (χ0n) is 15.4. The van der Waals surface area contributed by atoms with Gasteiger partial charge in [0.05, 0.1) is 17.7 Å². The van der Waals surface area contributed by atoms with E-state index in [1.165, 1.54) is 18.4 Å². The van der Waals surface area contributed by atoms with Gasteiger partial charge in [-0.3, -0.25) is 4.79 Å². The Labute approximate surface area is 163 Å². The van der Waals surface area contributed by atoms with Crippen LogP contribution in [0.5, 0.6) is 0 Å². The van der Waals surface area contributed by atoms with E-state index in [1.54, 1.807) is 23.1 Å². The van der Waals surface area contributed by atoms with Crippen molar-refractivity contribution < 1.29 is 17.6 Å². The molecule has 1 amide bonds. The third kappa shape index (κ3) is 3.46. The number of rotatable bonds is 5. The third-order valence-corrected chi connectivity index (χ3v) is 6.30. The van der Waals surface area contributed by atoms with Crippen LogP contribution in [0, 0.1) is 6.92 Å². The van der Waals surface area contributed by atoms with E-state index in [9.17, 15) is 13.2 Å². The highest BCUT2D eigenvalue weighted by molar-refractivity contribution is 7.89. The summed E-state index contributed by atoms with van der Waals surface area (Å²) in [4.78, 5) is 14.9. The molecule has 1 N–H and O–H groups in total. The number of amides is 1. The highest BCUT2D eigenvalue weighted by Gasteiger charge is 2.27. The molecule has 3 aromatic rings. The van der Waals surface area contributed by atoms with Crippen LogP contribution in [0.4, 0.5) is 5.69 Å². The van der Waals surface area contributed by atoms with Crippen LogP contribution >= 0.6 is 0 Å². The fraction of sp³-hybridized carbons (Fsp3) is 0.190. The molecule has 4 rings (SSSR count). The summed E-state index contributed by atoms with van der Waals surface area (Å²) in [5.41, 5.74) is 3.13. The summed E-state index contributed by atoms with van der Waals surface area (Å²) in [6.45, 7) is 2.44. The Morgan fingerprint density at radius 2 is 1.96 bits per heavy atom. The number of hydrogen-bond acceptors (Lipinski definition) is 4. The van der Waals surface area contributed by atoms with Gasteiger partial charge < -0.3 is 9.32 Å². The molecule has 0 atom stereocenters. The van der Waals surface area contributed by atoms with Gasteiger partial charge in [0.1, 0.15) is 5.76 Å². The van der Waals surface area contributed by atoms with Crippen molar-refractivity contribution in [1.82, 2.24) is 4.72 Å². The molecule has 0 saturated carbocycles. The first-order valence-corrected chi connectivity index (χ1v) is 10.5. The molecule has 6 nitrogen and oxygen atoms in total. The molecular weight excluding hydrogens is 376 g/mol. The van der Waals surface area contributed by atoms with Gasteiger partial charge in [0, 0.05) is 17.8 Å². The Hall–Kier alpha value is -2.90. The Bertz CT molecular complexity index is 1120. The number of anilines is 1. The number of nitrogens with one attached hydrogen (secondary N) is 1. The van der Waals surface area contributed by atoms with Gasteiger partial charge in [-0.1, -0.05) is 24.3 Å². The standard InChI is InChI=1S/C21H20N2O4S/c1-15-8-9-18(28(25,26)22-14-17-6-4-12-27-17)13-19(15)21(24)23-11-10-16-5-2-3-7-20(16)23/h2-9,12-13,22H,10-11,14H2,1H3. The quantitative estimate of drug-likeness (QED) is 0.718. The van der Waals surface area contributed by atoms with Crippen LogP contribution < -0.4 is 9.62 Å². The van der Waals surface area contributed by atoms with E-state index >= 15 is 0 Å². The average molecular weight is 396 g/mol. The van der Waals surface area contributed by atoms with Crippen molar-refractivity contribution >= 4 is 21.6 Å². The first-order valence-electron chi connectivity index (χ1n) is 8.98. The summed E-state index contributed by atoms with van der Waals surface area (Å²) < 4.78 is 33.0. The highest BCUT2D eigenvalue weighted by atomic mass is 32.2. The number of carbonyl (C=O) groups excluding carboxylic acids is 1. The summed E-state index contributed by atoms with van der Waals surface area (Å²) in [5.74, 6) is 0.325. The molecule has 0 spiro atoms. The van der Waals surface area contributed by atoms with Crippen molar-refractivity contribution in [2.24, 2.45) is 0 Å². The molecular formula is C21H20N2O4S. The van der Waals surface area contributed by atoms with Gasteiger partial charge in [-0.05, 0) is 54.8 Å². The van der Waals surface area contributed by atoms with Crippen LogP contribution in [0.1, 0.15) is 27.2 Å². The van der Waals surface area contributed by atoms with Gasteiger partial charge in [0.2, 0.25) is 10.0 Å². The van der Waals surface area contributed by atoms with E-state index in [1.807, 2.05) is 31.2 Å². The number of benzene rings is 2. The van der Waals surface area contributed by atoms with E-state index in [2.05, 4.69) is 4.72 Å². The maximum Gasteiger partial charge on any atom is 0.258 e. The van der Waals surface area contributed by atoms with Gasteiger partial charge in [-0.15, -0.1) is 0 Å². The number of aryl methyl sites for hydroxylation is 1. The van der Waals surface area contributed by atoms with Crippen molar-refractivity contribution in [2.75, 3.05) is 11.4 Å². The van der Waals surface area contributed by atoms with Crippen LogP contribution in [-0.2, 0) is 23.0 Å². The highest BCUT2D eigenvalue weighted by Crippen LogP contribution is 2.30. The molecule has 2 heterocycles. The smallest absolute Gasteiger partial charge is 0.258 e. The van der Waals surface area contributed by atoms with E-state index in [-0.39, 0.29) is 17.3 Å². The molecule has 7 heteroatoms. The number of sulfonamides is 1. The lowest BCUT2D eigenvalue weighted by molar-refractivity contribution is 0.0988. The molecule has 0 unspecified atom stereocenters. The van der Waals surface area contributed by atoms with Crippen molar-refractivity contribution in [1.29, 1.82) is 0 Å². The number of para-hydroxylation sites is 1. The minimum atomic E-state index is -3.77. The Morgan fingerprint density at radius 1 is 1.14 bits per heavy atom. The second-order valence-corrected chi connectivity index (χ2v) is 8.48. The predicted octanol–water partition coefficient (Wildman–Crippen LogP) is 3.27. The van der Waals surface area contributed by atoms with E-state index < -0.39 is 10.0 Å². The largest absolute Gasteiger partial charge is 0.468 e. The number of furan rings is 1. The molecule has 0 bridgehead atoms. The number of nitrogens with zero attached hydrogens (tertiary/aromatic N) is 1. The summed E-state index contributed by atoms with van der Waals surface area (Å²) in [5, 5.41) is 0. The fourth-order valence-electron chi connectivity index (χ4n) is 3.36. The first-order chi connectivity index (χ1) is 13.5. The van der Waals surface area contributed by atoms with Crippen LogP contribution in [0.25, 0.3) is 0 Å². The number of fused-ring (bicyclic) bond motifs is 1. The Balaban J connectivity index is 1.61. The fourth-order valence-corrected chi connectivity index (χ4v) is 4.38. The zero-order valence-corrected chi connectivity index (χ0v) is 16.2. The van der Waals surface area contributed by atoms with E-state index in [0.29, 0.717) is 17.9 Å². The van der Waals surface area contributed by atoms with Crippen LogP contribution in [0.2, 0.25) is 0 Å². The van der Waals surface area contributed by atoms with Crippen LogP contribution in [0.15, 0.2) is 70.2 Å². The zero-order chi connectivity index (χ0) is 19.7. The van der Waals surface area contributed by atoms with Gasteiger partial charge in [-0.25, -0.2) is 13.1 Å². The second-order valence-electron chi connectivity index (χ2n) is 6.72. The molecule has 1 aromatic heterocycles. The Morgan fingerprint density at radius 3 is 2.75 bits per heavy atom. The average Bonchev–Trinajstić information content (AvgIpc) is 3.36. The number of carbonyl (C=O) groups is 1. The van der Waals surface area contributed by atoms with Crippen molar-refractivity contribution in [3.8, 4) is 0 Å². The lowest BCUT2D eigenvalue weighted by Crippen LogP contribution is -2.30. The van der Waals surface area contributed by atoms with Crippen LogP contribution in [-0.4, -0.2) is 20.9 Å².